The molecular formula is C21H20BrCl2N3O6. The Morgan fingerprint density at radius 2 is 1.88 bits per heavy atom. The molecule has 2 aromatic rings. The lowest BCUT2D eigenvalue weighted by atomic mass is 10.2. The van der Waals surface area contributed by atoms with Crippen LogP contribution in [0.2, 0.25) is 10.0 Å². The Balaban J connectivity index is 1.93. The number of carbonyl (C=O) groups excluding carboxylic acids is 3. The normalized spacial score (nSPS) is 10.6. The molecule has 0 aromatic heterocycles. The van der Waals surface area contributed by atoms with Gasteiger partial charge in [-0.05, 0) is 58.7 Å². The van der Waals surface area contributed by atoms with Gasteiger partial charge in [-0.25, -0.2) is 10.2 Å². The largest absolute Gasteiger partial charge is 0.493 e. The number of nitrogens with zero attached hydrogens (tertiary/aromatic N) is 1. The van der Waals surface area contributed by atoms with Gasteiger partial charge in [-0.3, -0.25) is 9.59 Å². The number of benzene rings is 2. The zero-order valence-corrected chi connectivity index (χ0v) is 20.7. The molecule has 0 radical (unpaired) electrons. The maximum Gasteiger partial charge on any atom is 0.344 e. The predicted octanol–water partition coefficient (Wildman–Crippen LogP) is 4.19. The number of hydrazone groups is 1. The first-order valence-electron chi connectivity index (χ1n) is 9.46. The van der Waals surface area contributed by atoms with E-state index < -0.39 is 24.2 Å². The molecule has 0 fully saturated rings. The van der Waals surface area contributed by atoms with Gasteiger partial charge in [0, 0.05) is 5.69 Å². The van der Waals surface area contributed by atoms with Crippen molar-refractivity contribution in [1.82, 2.24) is 5.43 Å². The van der Waals surface area contributed by atoms with Crippen LogP contribution in [-0.4, -0.2) is 44.3 Å². The topological polar surface area (TPSA) is 115 Å². The summed E-state index contributed by atoms with van der Waals surface area (Å²) in [6.07, 6.45) is 0.905. The molecule has 0 aliphatic rings. The fourth-order valence-corrected chi connectivity index (χ4v) is 3.30. The van der Waals surface area contributed by atoms with Crippen molar-refractivity contribution < 1.29 is 28.6 Å². The van der Waals surface area contributed by atoms with Gasteiger partial charge in [0.05, 0.1) is 34.4 Å². The molecule has 9 nitrogen and oxygen atoms in total. The van der Waals surface area contributed by atoms with Crippen LogP contribution >= 0.6 is 39.1 Å². The number of halogens is 3. The summed E-state index contributed by atoms with van der Waals surface area (Å²) in [5.74, 6) is -1.03. The second-order valence-corrected chi connectivity index (χ2v) is 7.94. The predicted molar refractivity (Wildman–Crippen MR) is 128 cm³/mol. The fraction of sp³-hybridized carbons (Fsp3) is 0.238. The third kappa shape index (κ3) is 8.56. The first kappa shape index (κ1) is 26.4. The number of amides is 2. The van der Waals surface area contributed by atoms with E-state index in [9.17, 15) is 14.4 Å². The van der Waals surface area contributed by atoms with Gasteiger partial charge >= 0.3 is 5.97 Å². The van der Waals surface area contributed by atoms with Crippen molar-refractivity contribution in [3.63, 3.8) is 0 Å². The van der Waals surface area contributed by atoms with Gasteiger partial charge in [0.25, 0.3) is 0 Å². The van der Waals surface area contributed by atoms with Crippen molar-refractivity contribution in [2.45, 2.75) is 13.3 Å². The van der Waals surface area contributed by atoms with Crippen molar-refractivity contribution in [3.05, 3.63) is 50.4 Å². The minimum absolute atomic E-state index is 0.249. The number of rotatable bonds is 10. The smallest absolute Gasteiger partial charge is 0.344 e. The summed E-state index contributed by atoms with van der Waals surface area (Å²) in [5.41, 5.74) is 3.24. The molecule has 0 spiro atoms. The number of ether oxygens (including phenoxy) is 3. The monoisotopic (exact) mass is 559 g/mol. The van der Waals surface area contributed by atoms with Gasteiger partial charge in [-0.1, -0.05) is 23.2 Å². The summed E-state index contributed by atoms with van der Waals surface area (Å²) < 4.78 is 16.1. The molecule has 33 heavy (non-hydrogen) atoms. The quantitative estimate of drug-likeness (QED) is 0.195. The molecule has 2 aromatic carbocycles. The number of carbonyl (C=O) groups is 3. The number of esters is 1. The van der Waals surface area contributed by atoms with E-state index in [4.69, 9.17) is 37.4 Å². The number of anilines is 1. The molecule has 2 N–H and O–H groups in total. The third-order valence-corrected chi connectivity index (χ3v) is 5.15. The van der Waals surface area contributed by atoms with E-state index in [2.05, 4.69) is 31.8 Å². The van der Waals surface area contributed by atoms with Crippen molar-refractivity contribution in [2.24, 2.45) is 5.10 Å². The number of hydrogen-bond acceptors (Lipinski definition) is 7. The zero-order chi connectivity index (χ0) is 24.4. The number of nitrogens with one attached hydrogen (secondary N) is 2. The van der Waals surface area contributed by atoms with Crippen molar-refractivity contribution in [2.75, 3.05) is 25.6 Å². The van der Waals surface area contributed by atoms with Gasteiger partial charge in [0.15, 0.2) is 18.1 Å². The molecule has 0 aliphatic carbocycles. The second-order valence-electron chi connectivity index (χ2n) is 6.27. The summed E-state index contributed by atoms with van der Waals surface area (Å²) >= 11 is 15.1. The standard InChI is InChI=1S/C21H20BrCl2N3O6/c1-3-32-20(30)11-33-21-14(22)6-12(7-17(21)31-2)10-25-27-19(29)9-18(28)26-13-4-5-15(23)16(24)8-13/h4-8,10H,3,9,11H2,1-2H3,(H,26,28)(H,27,29). The van der Waals surface area contributed by atoms with Crippen LogP contribution in [0.3, 0.4) is 0 Å². The van der Waals surface area contributed by atoms with Gasteiger partial charge in [0.2, 0.25) is 11.8 Å². The third-order valence-electron chi connectivity index (χ3n) is 3.82. The number of methoxy groups -OCH3 is 1. The van der Waals surface area contributed by atoms with Gasteiger partial charge < -0.3 is 19.5 Å². The lowest BCUT2D eigenvalue weighted by Gasteiger charge is -2.13. The maximum absolute atomic E-state index is 12.0. The average Bonchev–Trinajstić information content (AvgIpc) is 2.75. The summed E-state index contributed by atoms with van der Waals surface area (Å²) in [7, 11) is 1.44. The van der Waals surface area contributed by atoms with Crippen LogP contribution in [0.1, 0.15) is 18.9 Å². The molecule has 176 valence electrons. The van der Waals surface area contributed by atoms with Crippen LogP contribution in [0.25, 0.3) is 0 Å². The Morgan fingerprint density at radius 1 is 1.12 bits per heavy atom. The van der Waals surface area contributed by atoms with E-state index in [0.29, 0.717) is 32.2 Å². The van der Waals surface area contributed by atoms with Crippen LogP contribution in [-0.2, 0) is 19.1 Å². The highest BCUT2D eigenvalue weighted by atomic mass is 79.9. The van der Waals surface area contributed by atoms with Gasteiger partial charge in [-0.2, -0.15) is 5.10 Å². The SMILES string of the molecule is CCOC(=O)COc1c(Br)cc(C=NNC(=O)CC(=O)Nc2ccc(Cl)c(Cl)c2)cc1OC. The maximum atomic E-state index is 12.0. The highest BCUT2D eigenvalue weighted by molar-refractivity contribution is 9.10. The average molecular weight is 561 g/mol. The molecule has 0 atom stereocenters. The Labute approximate surface area is 208 Å². The Morgan fingerprint density at radius 3 is 2.55 bits per heavy atom. The molecule has 0 saturated carbocycles. The Bertz CT molecular complexity index is 1060. The van der Waals surface area contributed by atoms with E-state index in [1.54, 1.807) is 25.1 Å². The number of hydrogen-bond donors (Lipinski definition) is 2. The van der Waals surface area contributed by atoms with E-state index in [1.807, 2.05) is 0 Å². The van der Waals surface area contributed by atoms with E-state index in [-0.39, 0.29) is 18.2 Å². The molecule has 0 unspecified atom stereocenters. The molecule has 2 amide bonds. The van der Waals surface area contributed by atoms with Crippen LogP contribution in [0, 0.1) is 0 Å². The lowest BCUT2D eigenvalue weighted by molar-refractivity contribution is -0.145. The van der Waals surface area contributed by atoms with Crippen molar-refractivity contribution >= 4 is 68.8 Å². The molecule has 0 heterocycles. The summed E-state index contributed by atoms with van der Waals surface area (Å²) in [5, 5.41) is 7.01. The molecule has 12 heteroatoms. The van der Waals surface area contributed by atoms with Crippen molar-refractivity contribution in [1.29, 1.82) is 0 Å². The molecule has 0 aliphatic heterocycles. The van der Waals surface area contributed by atoms with Crippen LogP contribution in [0.4, 0.5) is 5.69 Å². The minimum atomic E-state index is -0.621. The van der Waals surface area contributed by atoms with E-state index >= 15 is 0 Å². The van der Waals surface area contributed by atoms with Crippen LogP contribution in [0.5, 0.6) is 11.5 Å². The summed E-state index contributed by atoms with van der Waals surface area (Å²) in [6, 6.07) is 7.81. The van der Waals surface area contributed by atoms with Gasteiger partial charge in [0.1, 0.15) is 6.42 Å². The second kappa shape index (κ2) is 13.0. The molecular weight excluding hydrogens is 541 g/mol. The van der Waals surface area contributed by atoms with Crippen molar-refractivity contribution in [3.8, 4) is 11.5 Å². The summed E-state index contributed by atoms with van der Waals surface area (Å²) in [4.78, 5) is 35.5. The Kier molecular flexibility index (Phi) is 10.4. The first-order chi connectivity index (χ1) is 15.7. The van der Waals surface area contributed by atoms with E-state index in [0.717, 1.165) is 0 Å². The molecule has 2 rings (SSSR count). The van der Waals surface area contributed by atoms with Gasteiger partial charge in [-0.15, -0.1) is 0 Å². The molecule has 0 bridgehead atoms. The fourth-order valence-electron chi connectivity index (χ4n) is 2.43. The molecule has 0 saturated heterocycles. The van der Waals surface area contributed by atoms with Crippen LogP contribution < -0.4 is 20.2 Å². The van der Waals surface area contributed by atoms with Crippen LogP contribution in [0.15, 0.2) is 39.9 Å². The van der Waals surface area contributed by atoms with E-state index in [1.165, 1.54) is 25.5 Å². The summed E-state index contributed by atoms with van der Waals surface area (Å²) in [6.45, 7) is 1.67. The first-order valence-corrected chi connectivity index (χ1v) is 11.0. The Hall–Kier alpha value is -2.82. The minimum Gasteiger partial charge on any atom is -0.493 e. The lowest BCUT2D eigenvalue weighted by Crippen LogP contribution is -2.24. The zero-order valence-electron chi connectivity index (χ0n) is 17.6. The highest BCUT2D eigenvalue weighted by Gasteiger charge is 2.14. The highest BCUT2D eigenvalue weighted by Crippen LogP contribution is 2.36.